The smallest absolute Gasteiger partial charge is 0.133 e. The molecule has 0 amide bonds. The molecule has 0 saturated heterocycles. The van der Waals surface area contributed by atoms with E-state index in [4.69, 9.17) is 4.74 Å². The lowest BCUT2D eigenvalue weighted by Gasteiger charge is -2.17. The van der Waals surface area contributed by atoms with Crippen LogP contribution in [0, 0.1) is 6.92 Å². The molecule has 0 aliphatic carbocycles. The van der Waals surface area contributed by atoms with E-state index in [1.54, 1.807) is 13.8 Å². The highest BCUT2D eigenvalue weighted by Crippen LogP contribution is 2.26. The molecule has 0 spiro atoms. The van der Waals surface area contributed by atoms with Crippen molar-refractivity contribution >= 4 is 15.9 Å². The monoisotopic (exact) mass is 272 g/mol. The van der Waals surface area contributed by atoms with Crippen molar-refractivity contribution in [2.75, 3.05) is 6.61 Å². The normalized spacial score (nSPS) is 11.5. The van der Waals surface area contributed by atoms with Crippen molar-refractivity contribution in [3.63, 3.8) is 0 Å². The highest BCUT2D eigenvalue weighted by Gasteiger charge is 2.12. The van der Waals surface area contributed by atoms with Gasteiger partial charge in [0, 0.05) is 6.42 Å². The average molecular weight is 273 g/mol. The molecule has 1 aromatic carbocycles. The summed E-state index contributed by atoms with van der Waals surface area (Å²) in [6.45, 7) is 6.11. The maximum absolute atomic E-state index is 9.52. The standard InChI is InChI=1S/C12H17BrO2/c1-9-4-5-11(10(13)8-9)15-7-6-12(2,3)14/h4-5,8,14H,6-7H2,1-3H3. The van der Waals surface area contributed by atoms with Gasteiger partial charge in [-0.1, -0.05) is 6.07 Å². The fraction of sp³-hybridized carbons (Fsp3) is 0.500. The van der Waals surface area contributed by atoms with Crippen LogP contribution in [-0.4, -0.2) is 17.3 Å². The Morgan fingerprint density at radius 2 is 2.07 bits per heavy atom. The molecule has 0 radical (unpaired) electrons. The van der Waals surface area contributed by atoms with Crippen LogP contribution in [0.3, 0.4) is 0 Å². The minimum absolute atomic E-state index is 0.519. The Morgan fingerprint density at radius 3 is 2.60 bits per heavy atom. The molecule has 84 valence electrons. The molecule has 3 heteroatoms. The predicted molar refractivity (Wildman–Crippen MR) is 65.3 cm³/mol. The molecular weight excluding hydrogens is 256 g/mol. The maximum atomic E-state index is 9.52. The summed E-state index contributed by atoms with van der Waals surface area (Å²) in [4.78, 5) is 0. The van der Waals surface area contributed by atoms with Crippen molar-refractivity contribution in [1.29, 1.82) is 0 Å². The van der Waals surface area contributed by atoms with E-state index in [0.717, 1.165) is 10.2 Å². The highest BCUT2D eigenvalue weighted by molar-refractivity contribution is 9.10. The van der Waals surface area contributed by atoms with E-state index in [1.165, 1.54) is 5.56 Å². The van der Waals surface area contributed by atoms with Crippen molar-refractivity contribution < 1.29 is 9.84 Å². The average Bonchev–Trinajstić information content (AvgIpc) is 2.07. The SMILES string of the molecule is Cc1ccc(OCCC(C)(C)O)c(Br)c1. The van der Waals surface area contributed by atoms with Crippen LogP contribution in [0.2, 0.25) is 0 Å². The molecule has 2 nitrogen and oxygen atoms in total. The summed E-state index contributed by atoms with van der Waals surface area (Å²) in [5.74, 6) is 0.824. The lowest BCUT2D eigenvalue weighted by atomic mass is 10.1. The van der Waals surface area contributed by atoms with Gasteiger partial charge in [-0.2, -0.15) is 0 Å². The largest absolute Gasteiger partial charge is 0.492 e. The highest BCUT2D eigenvalue weighted by atomic mass is 79.9. The molecule has 0 unspecified atom stereocenters. The molecule has 0 heterocycles. The van der Waals surface area contributed by atoms with Crippen molar-refractivity contribution in [2.24, 2.45) is 0 Å². The van der Waals surface area contributed by atoms with Gasteiger partial charge < -0.3 is 9.84 Å². The van der Waals surface area contributed by atoms with Gasteiger partial charge in [-0.05, 0) is 54.4 Å². The van der Waals surface area contributed by atoms with Crippen LogP contribution in [0.1, 0.15) is 25.8 Å². The summed E-state index contributed by atoms with van der Waals surface area (Å²) < 4.78 is 6.52. The molecule has 1 N–H and O–H groups in total. The first kappa shape index (κ1) is 12.5. The van der Waals surface area contributed by atoms with Crippen LogP contribution in [-0.2, 0) is 0 Å². The predicted octanol–water partition coefficient (Wildman–Crippen LogP) is 3.30. The van der Waals surface area contributed by atoms with E-state index in [2.05, 4.69) is 15.9 Å². The minimum Gasteiger partial charge on any atom is -0.492 e. The molecular formula is C12H17BrO2. The summed E-state index contributed by atoms with van der Waals surface area (Å²) in [6, 6.07) is 5.95. The fourth-order valence-electron chi connectivity index (χ4n) is 1.13. The lowest BCUT2D eigenvalue weighted by molar-refractivity contribution is 0.0552. The van der Waals surface area contributed by atoms with E-state index >= 15 is 0 Å². The van der Waals surface area contributed by atoms with Crippen molar-refractivity contribution in [2.45, 2.75) is 32.8 Å². The number of halogens is 1. The quantitative estimate of drug-likeness (QED) is 0.912. The van der Waals surface area contributed by atoms with Crippen LogP contribution >= 0.6 is 15.9 Å². The summed E-state index contributed by atoms with van der Waals surface area (Å²) in [7, 11) is 0. The van der Waals surface area contributed by atoms with Gasteiger partial charge in [-0.3, -0.25) is 0 Å². The maximum Gasteiger partial charge on any atom is 0.133 e. The van der Waals surface area contributed by atoms with Gasteiger partial charge in [0.1, 0.15) is 5.75 Å². The van der Waals surface area contributed by atoms with E-state index < -0.39 is 5.60 Å². The molecule has 0 atom stereocenters. The second-order valence-corrected chi connectivity index (χ2v) is 5.20. The number of ether oxygens (including phenoxy) is 1. The molecule has 0 saturated carbocycles. The van der Waals surface area contributed by atoms with Gasteiger partial charge in [0.25, 0.3) is 0 Å². The number of benzene rings is 1. The van der Waals surface area contributed by atoms with Crippen LogP contribution in [0.4, 0.5) is 0 Å². The third-order valence-corrected chi connectivity index (χ3v) is 2.68. The van der Waals surface area contributed by atoms with E-state index in [-0.39, 0.29) is 0 Å². The third-order valence-electron chi connectivity index (χ3n) is 2.06. The van der Waals surface area contributed by atoms with Crippen LogP contribution in [0.15, 0.2) is 22.7 Å². The Labute approximate surface area is 99.4 Å². The van der Waals surface area contributed by atoms with Crippen LogP contribution in [0.5, 0.6) is 5.75 Å². The Kier molecular flexibility index (Phi) is 4.17. The molecule has 0 aliphatic rings. The first-order valence-corrected chi connectivity index (χ1v) is 5.79. The molecule has 0 aliphatic heterocycles. The van der Waals surface area contributed by atoms with Crippen molar-refractivity contribution in [3.05, 3.63) is 28.2 Å². The van der Waals surface area contributed by atoms with E-state index in [1.807, 2.05) is 25.1 Å². The molecule has 1 aromatic rings. The van der Waals surface area contributed by atoms with Gasteiger partial charge in [-0.15, -0.1) is 0 Å². The van der Waals surface area contributed by atoms with Crippen molar-refractivity contribution in [3.8, 4) is 5.75 Å². The summed E-state index contributed by atoms with van der Waals surface area (Å²) in [5.41, 5.74) is 0.522. The fourth-order valence-corrected chi connectivity index (χ4v) is 1.74. The number of hydrogen-bond acceptors (Lipinski definition) is 2. The number of hydrogen-bond donors (Lipinski definition) is 1. The van der Waals surface area contributed by atoms with Gasteiger partial charge in [0.15, 0.2) is 0 Å². The Balaban J connectivity index is 2.51. The summed E-state index contributed by atoms with van der Waals surface area (Å²) in [5, 5.41) is 9.52. The summed E-state index contributed by atoms with van der Waals surface area (Å²) in [6.07, 6.45) is 0.618. The van der Waals surface area contributed by atoms with Crippen LogP contribution < -0.4 is 4.74 Å². The Bertz CT molecular complexity index is 329. The lowest BCUT2D eigenvalue weighted by Crippen LogP contribution is -2.21. The van der Waals surface area contributed by atoms with Gasteiger partial charge in [-0.25, -0.2) is 0 Å². The van der Waals surface area contributed by atoms with Gasteiger partial charge in [0.05, 0.1) is 16.7 Å². The molecule has 0 fully saturated rings. The molecule has 0 bridgehead atoms. The first-order valence-electron chi connectivity index (χ1n) is 5.00. The zero-order valence-electron chi connectivity index (χ0n) is 9.38. The van der Waals surface area contributed by atoms with Crippen molar-refractivity contribution in [1.82, 2.24) is 0 Å². The minimum atomic E-state index is -0.669. The van der Waals surface area contributed by atoms with E-state index in [0.29, 0.717) is 13.0 Å². The second-order valence-electron chi connectivity index (χ2n) is 4.34. The topological polar surface area (TPSA) is 29.5 Å². The van der Waals surface area contributed by atoms with Crippen LogP contribution in [0.25, 0.3) is 0 Å². The molecule has 15 heavy (non-hydrogen) atoms. The number of aliphatic hydroxyl groups is 1. The number of rotatable bonds is 4. The number of aryl methyl sites for hydroxylation is 1. The zero-order chi connectivity index (χ0) is 11.5. The zero-order valence-corrected chi connectivity index (χ0v) is 11.0. The van der Waals surface area contributed by atoms with Gasteiger partial charge in [0.2, 0.25) is 0 Å². The third kappa shape index (κ3) is 4.67. The van der Waals surface area contributed by atoms with Gasteiger partial charge >= 0.3 is 0 Å². The molecule has 1 rings (SSSR count). The Morgan fingerprint density at radius 1 is 1.40 bits per heavy atom. The second kappa shape index (κ2) is 4.99. The first-order chi connectivity index (χ1) is 6.88. The Hall–Kier alpha value is -0.540. The summed E-state index contributed by atoms with van der Waals surface area (Å²) >= 11 is 3.44. The molecule has 0 aromatic heterocycles. The van der Waals surface area contributed by atoms with E-state index in [9.17, 15) is 5.11 Å².